The van der Waals surface area contributed by atoms with Crippen LogP contribution >= 0.6 is 24.0 Å². The molecule has 1 aliphatic rings. The summed E-state index contributed by atoms with van der Waals surface area (Å²) < 4.78 is 60.9. The number of allylic oxidation sites excluding steroid dienone is 1. The highest BCUT2D eigenvalue weighted by Crippen LogP contribution is 2.28. The van der Waals surface area contributed by atoms with Crippen LogP contribution in [-0.4, -0.2) is 56.4 Å². The highest BCUT2D eigenvalue weighted by atomic mass is 127. The standard InChI is InChI=1S/C14H25F3N4O2S.HI/c1-3-5-6-9-19-13(18-4-2)20-12-7-10-21(11-8-12)24(22,23)14(15,16)17;/h3,5,12H,4,6-11H2,1-2H3,(H2,18,19,20);1H/b5-3+;. The van der Waals surface area contributed by atoms with Gasteiger partial charge >= 0.3 is 15.5 Å². The van der Waals surface area contributed by atoms with Crippen molar-refractivity contribution in [3.8, 4) is 0 Å². The van der Waals surface area contributed by atoms with Crippen LogP contribution < -0.4 is 10.6 Å². The zero-order valence-corrected chi connectivity index (χ0v) is 17.5. The third-order valence-corrected chi connectivity index (χ3v) is 5.20. The van der Waals surface area contributed by atoms with Crippen molar-refractivity contribution in [3.63, 3.8) is 0 Å². The molecule has 1 saturated heterocycles. The predicted molar refractivity (Wildman–Crippen MR) is 104 cm³/mol. The topological polar surface area (TPSA) is 73.8 Å². The van der Waals surface area contributed by atoms with Gasteiger partial charge in [0.05, 0.1) is 0 Å². The first kappa shape index (κ1) is 24.4. The number of nitrogens with one attached hydrogen (secondary N) is 2. The molecule has 1 fully saturated rings. The average Bonchev–Trinajstić information content (AvgIpc) is 2.51. The number of guanidine groups is 1. The van der Waals surface area contributed by atoms with Crippen molar-refractivity contribution >= 4 is 40.0 Å². The van der Waals surface area contributed by atoms with Gasteiger partial charge in [-0.15, -0.1) is 24.0 Å². The molecule has 1 aliphatic heterocycles. The van der Waals surface area contributed by atoms with Crippen LogP contribution in [0.2, 0.25) is 0 Å². The van der Waals surface area contributed by atoms with Crippen LogP contribution in [0, 0.1) is 0 Å². The summed E-state index contributed by atoms with van der Waals surface area (Å²) in [4.78, 5) is 4.38. The van der Waals surface area contributed by atoms with Crippen LogP contribution in [0.4, 0.5) is 13.2 Å². The molecule has 0 aromatic heterocycles. The van der Waals surface area contributed by atoms with E-state index in [0.717, 1.165) is 6.42 Å². The minimum Gasteiger partial charge on any atom is -0.357 e. The molecule has 25 heavy (non-hydrogen) atoms. The summed E-state index contributed by atoms with van der Waals surface area (Å²) in [7, 11) is -5.23. The van der Waals surface area contributed by atoms with Gasteiger partial charge in [-0.1, -0.05) is 12.2 Å². The summed E-state index contributed by atoms with van der Waals surface area (Å²) in [5, 5.41) is 6.23. The number of aliphatic imine (C=N–C) groups is 1. The monoisotopic (exact) mass is 498 g/mol. The molecule has 0 aliphatic carbocycles. The molecule has 0 bridgehead atoms. The Morgan fingerprint density at radius 1 is 1.32 bits per heavy atom. The van der Waals surface area contributed by atoms with E-state index in [-0.39, 0.29) is 43.1 Å². The van der Waals surface area contributed by atoms with Gasteiger partial charge < -0.3 is 10.6 Å². The molecule has 0 spiro atoms. The lowest BCUT2D eigenvalue weighted by Crippen LogP contribution is -2.51. The lowest BCUT2D eigenvalue weighted by atomic mass is 10.1. The first-order valence-corrected chi connectivity index (χ1v) is 9.38. The van der Waals surface area contributed by atoms with Crippen molar-refractivity contribution in [1.82, 2.24) is 14.9 Å². The van der Waals surface area contributed by atoms with Crippen molar-refractivity contribution < 1.29 is 21.6 Å². The second-order valence-corrected chi connectivity index (χ2v) is 7.32. The van der Waals surface area contributed by atoms with Crippen LogP contribution in [0.1, 0.15) is 33.1 Å². The third-order valence-electron chi connectivity index (χ3n) is 3.57. The molecule has 11 heteroatoms. The van der Waals surface area contributed by atoms with E-state index >= 15 is 0 Å². The Bertz CT molecular complexity index is 545. The Hall–Kier alpha value is -0.560. The van der Waals surface area contributed by atoms with Gasteiger partial charge in [-0.05, 0) is 33.1 Å². The number of nitrogens with zero attached hydrogens (tertiary/aromatic N) is 2. The number of rotatable bonds is 6. The molecule has 0 radical (unpaired) electrons. The molecule has 6 nitrogen and oxygen atoms in total. The van der Waals surface area contributed by atoms with Crippen molar-refractivity contribution in [2.75, 3.05) is 26.2 Å². The first-order chi connectivity index (χ1) is 11.2. The molecule has 2 N–H and O–H groups in total. The molecule has 148 valence electrons. The molecular formula is C14H26F3IN4O2S. The highest BCUT2D eigenvalue weighted by molar-refractivity contribution is 14.0. The predicted octanol–water partition coefficient (Wildman–Crippen LogP) is 2.44. The van der Waals surface area contributed by atoms with E-state index in [4.69, 9.17) is 0 Å². The molecule has 0 unspecified atom stereocenters. The quantitative estimate of drug-likeness (QED) is 0.194. The van der Waals surface area contributed by atoms with Gasteiger partial charge in [0.1, 0.15) is 0 Å². The van der Waals surface area contributed by atoms with Gasteiger partial charge in [-0.25, -0.2) is 8.42 Å². The Balaban J connectivity index is 0.00000576. The smallest absolute Gasteiger partial charge is 0.357 e. The normalized spacial score (nSPS) is 18.2. The van der Waals surface area contributed by atoms with Gasteiger partial charge in [-0.2, -0.15) is 17.5 Å². The van der Waals surface area contributed by atoms with E-state index in [0.29, 0.717) is 36.2 Å². The molecule has 0 aromatic rings. The lowest BCUT2D eigenvalue weighted by molar-refractivity contribution is -0.0494. The van der Waals surface area contributed by atoms with E-state index in [1.54, 1.807) is 0 Å². The number of piperidine rings is 1. The van der Waals surface area contributed by atoms with Crippen molar-refractivity contribution in [2.24, 2.45) is 4.99 Å². The molecule has 0 atom stereocenters. The van der Waals surface area contributed by atoms with E-state index in [1.165, 1.54) is 0 Å². The van der Waals surface area contributed by atoms with Gasteiger partial charge in [-0.3, -0.25) is 4.99 Å². The summed E-state index contributed by atoms with van der Waals surface area (Å²) in [6.07, 6.45) is 5.33. The molecule has 0 aromatic carbocycles. The zero-order chi connectivity index (χ0) is 18.2. The average molecular weight is 498 g/mol. The molecule has 0 amide bonds. The summed E-state index contributed by atoms with van der Waals surface area (Å²) in [5.41, 5.74) is -5.24. The number of alkyl halides is 3. The van der Waals surface area contributed by atoms with Crippen molar-refractivity contribution in [3.05, 3.63) is 12.2 Å². The van der Waals surface area contributed by atoms with E-state index in [2.05, 4.69) is 15.6 Å². The summed E-state index contributed by atoms with van der Waals surface area (Å²) in [6.45, 7) is 4.80. The maximum absolute atomic E-state index is 12.5. The summed E-state index contributed by atoms with van der Waals surface area (Å²) in [6, 6.07) is -0.107. The van der Waals surface area contributed by atoms with Crippen LogP contribution in [0.25, 0.3) is 0 Å². The molecule has 1 heterocycles. The van der Waals surface area contributed by atoms with Gasteiger partial charge in [0.25, 0.3) is 0 Å². The fourth-order valence-corrected chi connectivity index (χ4v) is 3.30. The van der Waals surface area contributed by atoms with Gasteiger partial charge in [0.2, 0.25) is 0 Å². The number of hydrogen-bond donors (Lipinski definition) is 2. The van der Waals surface area contributed by atoms with E-state index in [9.17, 15) is 21.6 Å². The Morgan fingerprint density at radius 2 is 1.92 bits per heavy atom. The fraction of sp³-hybridized carbons (Fsp3) is 0.786. The third kappa shape index (κ3) is 7.69. The molecule has 1 rings (SSSR count). The van der Waals surface area contributed by atoms with Gasteiger partial charge in [0, 0.05) is 32.2 Å². The molecule has 0 saturated carbocycles. The Kier molecular flexibility index (Phi) is 11.0. The maximum Gasteiger partial charge on any atom is 0.511 e. The van der Waals surface area contributed by atoms with Crippen LogP contribution in [-0.2, 0) is 10.0 Å². The fourth-order valence-electron chi connectivity index (χ4n) is 2.32. The Morgan fingerprint density at radius 3 is 2.40 bits per heavy atom. The van der Waals surface area contributed by atoms with Crippen LogP contribution in [0.3, 0.4) is 0 Å². The van der Waals surface area contributed by atoms with Crippen molar-refractivity contribution in [2.45, 2.75) is 44.7 Å². The van der Waals surface area contributed by atoms with E-state index in [1.807, 2.05) is 26.0 Å². The van der Waals surface area contributed by atoms with Gasteiger partial charge in [0.15, 0.2) is 5.96 Å². The minimum atomic E-state index is -5.24. The van der Waals surface area contributed by atoms with Crippen LogP contribution in [0.5, 0.6) is 0 Å². The first-order valence-electron chi connectivity index (χ1n) is 7.94. The number of hydrogen-bond acceptors (Lipinski definition) is 3. The van der Waals surface area contributed by atoms with Crippen LogP contribution in [0.15, 0.2) is 17.1 Å². The summed E-state index contributed by atoms with van der Waals surface area (Å²) >= 11 is 0. The minimum absolute atomic E-state index is 0. The Labute approximate surface area is 164 Å². The largest absolute Gasteiger partial charge is 0.511 e. The summed E-state index contributed by atoms with van der Waals surface area (Å²) in [5.74, 6) is 0.596. The lowest BCUT2D eigenvalue weighted by Gasteiger charge is -2.32. The second-order valence-electron chi connectivity index (χ2n) is 5.39. The zero-order valence-electron chi connectivity index (χ0n) is 14.3. The second kappa shape index (κ2) is 11.2. The van der Waals surface area contributed by atoms with E-state index < -0.39 is 15.5 Å². The highest BCUT2D eigenvalue weighted by Gasteiger charge is 2.50. The SMILES string of the molecule is C/C=C/CCN=C(NCC)NC1CCN(S(=O)(=O)C(F)(F)F)CC1.I. The molecular weight excluding hydrogens is 472 g/mol. The van der Waals surface area contributed by atoms with Crippen molar-refractivity contribution in [1.29, 1.82) is 0 Å². The number of halogens is 4. The maximum atomic E-state index is 12.5. The number of sulfonamides is 1.